The number of hydrogen-bond acceptors (Lipinski definition) is 5. The molecule has 2 aromatic heterocycles. The van der Waals surface area contributed by atoms with Gasteiger partial charge in [-0.15, -0.1) is 0 Å². The van der Waals surface area contributed by atoms with Gasteiger partial charge in [0.2, 0.25) is 0 Å². The van der Waals surface area contributed by atoms with Gasteiger partial charge < -0.3 is 10.2 Å². The van der Waals surface area contributed by atoms with Crippen LogP contribution in [0.2, 0.25) is 0 Å². The molecule has 3 aromatic rings. The lowest BCUT2D eigenvalue weighted by Crippen LogP contribution is -2.20. The highest BCUT2D eigenvalue weighted by Gasteiger charge is 2.27. The Bertz CT molecular complexity index is 1050. The normalized spacial score (nSPS) is 15.0. The summed E-state index contributed by atoms with van der Waals surface area (Å²) in [6.45, 7) is 3.48. The fraction of sp³-hybridized carbons (Fsp3) is 0.381. The molecule has 2 heterocycles. The van der Waals surface area contributed by atoms with Crippen LogP contribution in [0.4, 0.5) is 24.8 Å². The molecule has 0 bridgehead atoms. The zero-order chi connectivity index (χ0) is 20.7. The minimum atomic E-state index is -2.86. The van der Waals surface area contributed by atoms with Crippen LogP contribution in [-0.2, 0) is 0 Å². The quantitative estimate of drug-likeness (QED) is 0.617. The number of hydrogen-bond donors (Lipinski definition) is 1. The monoisotopic (exact) mass is 401 g/mol. The first-order valence-electron chi connectivity index (χ1n) is 9.55. The minimum Gasteiger partial charge on any atom is -0.363 e. The minimum absolute atomic E-state index is 0.164. The largest absolute Gasteiger partial charge is 0.363 e. The van der Waals surface area contributed by atoms with E-state index in [2.05, 4.69) is 25.2 Å². The Balaban J connectivity index is 1.71. The number of aromatic nitrogens is 3. The molecule has 1 fully saturated rings. The average Bonchev–Trinajstić information content (AvgIpc) is 3.52. The van der Waals surface area contributed by atoms with Crippen molar-refractivity contribution in [2.45, 2.75) is 45.2 Å². The van der Waals surface area contributed by atoms with Gasteiger partial charge in [0.25, 0.3) is 6.43 Å². The van der Waals surface area contributed by atoms with E-state index < -0.39 is 23.8 Å². The first-order valence-corrected chi connectivity index (χ1v) is 9.55. The van der Waals surface area contributed by atoms with Gasteiger partial charge in [-0.25, -0.2) is 28.1 Å². The van der Waals surface area contributed by atoms with E-state index in [1.165, 1.54) is 12.1 Å². The first-order chi connectivity index (χ1) is 13.8. The Kier molecular flexibility index (Phi) is 5.02. The van der Waals surface area contributed by atoms with Gasteiger partial charge in [-0.3, -0.25) is 0 Å². The van der Waals surface area contributed by atoms with Crippen LogP contribution in [0.5, 0.6) is 0 Å². The lowest BCUT2D eigenvalue weighted by Gasteiger charge is -2.20. The SMILES string of the molecule is Cc1nc(N[C@H](C)c2cccc(C(F)F)c2F)c2cc(N(C)C3CC3)ncc2n1. The zero-order valence-electron chi connectivity index (χ0n) is 16.5. The molecule has 1 aliphatic carbocycles. The highest BCUT2D eigenvalue weighted by Crippen LogP contribution is 2.33. The molecule has 0 saturated heterocycles. The van der Waals surface area contributed by atoms with E-state index >= 15 is 0 Å². The number of nitrogens with one attached hydrogen (secondary N) is 1. The van der Waals surface area contributed by atoms with E-state index in [4.69, 9.17) is 0 Å². The summed E-state index contributed by atoms with van der Waals surface area (Å²) in [6.07, 6.45) is 1.12. The Morgan fingerprint density at radius 1 is 1.17 bits per heavy atom. The summed E-state index contributed by atoms with van der Waals surface area (Å²) in [4.78, 5) is 15.5. The van der Waals surface area contributed by atoms with Crippen molar-refractivity contribution in [2.24, 2.45) is 0 Å². The van der Waals surface area contributed by atoms with Crippen LogP contribution in [0.15, 0.2) is 30.5 Å². The lowest BCUT2D eigenvalue weighted by atomic mass is 10.0. The fourth-order valence-electron chi connectivity index (χ4n) is 3.44. The summed E-state index contributed by atoms with van der Waals surface area (Å²) in [5, 5.41) is 3.93. The maximum atomic E-state index is 14.6. The number of rotatable bonds is 6. The van der Waals surface area contributed by atoms with Crippen LogP contribution >= 0.6 is 0 Å². The molecule has 1 atom stereocenters. The number of nitrogens with zero attached hydrogens (tertiary/aromatic N) is 4. The highest BCUT2D eigenvalue weighted by atomic mass is 19.3. The van der Waals surface area contributed by atoms with Crippen molar-refractivity contribution in [1.29, 1.82) is 0 Å². The molecule has 1 aromatic carbocycles. The molecule has 0 unspecified atom stereocenters. The van der Waals surface area contributed by atoms with Crippen molar-refractivity contribution in [2.75, 3.05) is 17.3 Å². The van der Waals surface area contributed by atoms with Crippen LogP contribution in [-0.4, -0.2) is 28.0 Å². The van der Waals surface area contributed by atoms with E-state index in [1.807, 2.05) is 13.1 Å². The third-order valence-electron chi connectivity index (χ3n) is 5.25. The third kappa shape index (κ3) is 3.83. The standard InChI is InChI=1S/C21H22F3N5/c1-11(14-5-4-6-15(19(14)22)20(23)24)26-21-16-9-18(29(3)13-7-8-13)25-10-17(16)27-12(2)28-21/h4-6,9-11,13,20H,7-8H2,1-3H3,(H,26,27,28)/t11-/m1/s1. The van der Waals surface area contributed by atoms with E-state index in [-0.39, 0.29) is 5.56 Å². The van der Waals surface area contributed by atoms with Gasteiger partial charge in [0.05, 0.1) is 23.3 Å². The Morgan fingerprint density at radius 3 is 2.59 bits per heavy atom. The van der Waals surface area contributed by atoms with Crippen LogP contribution in [0.1, 0.15) is 49.2 Å². The molecule has 0 spiro atoms. The molecule has 8 heteroatoms. The van der Waals surface area contributed by atoms with E-state index in [9.17, 15) is 13.2 Å². The van der Waals surface area contributed by atoms with E-state index in [1.54, 1.807) is 20.0 Å². The average molecular weight is 401 g/mol. The van der Waals surface area contributed by atoms with Crippen molar-refractivity contribution in [3.8, 4) is 0 Å². The summed E-state index contributed by atoms with van der Waals surface area (Å²) in [7, 11) is 2.00. The second-order valence-electron chi connectivity index (χ2n) is 7.44. The van der Waals surface area contributed by atoms with Crippen LogP contribution in [0.25, 0.3) is 10.9 Å². The van der Waals surface area contributed by atoms with Gasteiger partial charge in [0, 0.05) is 24.0 Å². The van der Waals surface area contributed by atoms with Gasteiger partial charge in [0.1, 0.15) is 23.3 Å². The molecule has 5 nitrogen and oxygen atoms in total. The summed E-state index contributed by atoms with van der Waals surface area (Å²) in [5.74, 6) is 0.983. The predicted molar refractivity (Wildman–Crippen MR) is 107 cm³/mol. The Labute approximate surface area is 167 Å². The van der Waals surface area contributed by atoms with E-state index in [0.717, 1.165) is 30.1 Å². The van der Waals surface area contributed by atoms with Gasteiger partial charge in [0.15, 0.2) is 0 Å². The number of halogens is 3. The number of anilines is 2. The number of fused-ring (bicyclic) bond motifs is 1. The second-order valence-corrected chi connectivity index (χ2v) is 7.44. The summed E-state index contributed by atoms with van der Waals surface area (Å²) < 4.78 is 40.7. The Hall–Kier alpha value is -2.90. The third-order valence-corrected chi connectivity index (χ3v) is 5.25. The second kappa shape index (κ2) is 7.50. The summed E-state index contributed by atoms with van der Waals surface area (Å²) in [5.41, 5.74) is 0.232. The van der Waals surface area contributed by atoms with Crippen LogP contribution < -0.4 is 10.2 Å². The van der Waals surface area contributed by atoms with Gasteiger partial charge in [-0.05, 0) is 32.8 Å². The number of pyridine rings is 1. The van der Waals surface area contributed by atoms with Crippen molar-refractivity contribution < 1.29 is 13.2 Å². The molecular formula is C21H22F3N5. The zero-order valence-corrected chi connectivity index (χ0v) is 16.5. The van der Waals surface area contributed by atoms with Gasteiger partial charge in [-0.2, -0.15) is 0 Å². The molecule has 1 saturated carbocycles. The fourth-order valence-corrected chi connectivity index (χ4v) is 3.44. The molecule has 0 amide bonds. The van der Waals surface area contributed by atoms with Gasteiger partial charge >= 0.3 is 0 Å². The van der Waals surface area contributed by atoms with Crippen LogP contribution in [0.3, 0.4) is 0 Å². The molecular weight excluding hydrogens is 379 g/mol. The topological polar surface area (TPSA) is 53.9 Å². The van der Waals surface area contributed by atoms with Gasteiger partial charge in [-0.1, -0.05) is 18.2 Å². The smallest absolute Gasteiger partial charge is 0.266 e. The summed E-state index contributed by atoms with van der Waals surface area (Å²) >= 11 is 0. The number of aryl methyl sites for hydroxylation is 1. The van der Waals surface area contributed by atoms with Crippen molar-refractivity contribution >= 4 is 22.5 Å². The van der Waals surface area contributed by atoms with Crippen molar-refractivity contribution in [3.05, 3.63) is 53.2 Å². The first kappa shape index (κ1) is 19.4. The number of alkyl halides is 2. The van der Waals surface area contributed by atoms with Crippen molar-refractivity contribution in [1.82, 2.24) is 15.0 Å². The molecule has 0 radical (unpaired) electrons. The molecule has 4 rings (SSSR count). The highest BCUT2D eigenvalue weighted by molar-refractivity contribution is 5.90. The van der Waals surface area contributed by atoms with E-state index in [0.29, 0.717) is 23.2 Å². The maximum Gasteiger partial charge on any atom is 0.266 e. The van der Waals surface area contributed by atoms with Crippen LogP contribution in [0, 0.1) is 12.7 Å². The molecule has 1 N–H and O–H groups in total. The lowest BCUT2D eigenvalue weighted by molar-refractivity contribution is 0.146. The predicted octanol–water partition coefficient (Wildman–Crippen LogP) is 5.18. The summed E-state index contributed by atoms with van der Waals surface area (Å²) in [6, 6.07) is 5.88. The molecule has 0 aliphatic heterocycles. The molecule has 1 aliphatic rings. The maximum absolute atomic E-state index is 14.6. The molecule has 29 heavy (non-hydrogen) atoms. The Morgan fingerprint density at radius 2 is 1.90 bits per heavy atom. The van der Waals surface area contributed by atoms with Crippen molar-refractivity contribution in [3.63, 3.8) is 0 Å². The molecule has 152 valence electrons. The number of benzene rings is 1.